The monoisotopic (exact) mass is 323 g/mol. The van der Waals surface area contributed by atoms with Gasteiger partial charge in [0.2, 0.25) is 5.91 Å². The highest BCUT2D eigenvalue weighted by molar-refractivity contribution is 6.10. The molecule has 0 aliphatic carbocycles. The number of carbonyl (C=O) groups excluding carboxylic acids is 1. The maximum Gasteiger partial charge on any atom is 0.250 e. The van der Waals surface area contributed by atoms with Crippen molar-refractivity contribution in [3.05, 3.63) is 41.6 Å². The summed E-state index contributed by atoms with van der Waals surface area (Å²) in [4.78, 5) is 31.9. The lowest BCUT2D eigenvalue weighted by Gasteiger charge is -2.01. The van der Waals surface area contributed by atoms with Gasteiger partial charge < -0.3 is 16.5 Å². The van der Waals surface area contributed by atoms with E-state index < -0.39 is 5.91 Å². The van der Waals surface area contributed by atoms with Crippen LogP contribution in [-0.4, -0.2) is 38.1 Å². The Kier molecular flexibility index (Phi) is 3.95. The molecule has 0 atom stereocenters. The lowest BCUT2D eigenvalue weighted by Crippen LogP contribution is -2.10. The summed E-state index contributed by atoms with van der Waals surface area (Å²) in [7, 11) is 0. The maximum atomic E-state index is 11.3. The number of pyridine rings is 1. The van der Waals surface area contributed by atoms with Crippen molar-refractivity contribution in [2.45, 2.75) is 13.8 Å². The van der Waals surface area contributed by atoms with E-state index in [0.717, 1.165) is 10.8 Å². The number of aliphatic imine (C=N–C) groups is 1. The molecule has 0 fully saturated rings. The molecule has 0 aliphatic rings. The van der Waals surface area contributed by atoms with E-state index in [2.05, 4.69) is 24.9 Å². The predicted molar refractivity (Wildman–Crippen MR) is 92.7 cm³/mol. The summed E-state index contributed by atoms with van der Waals surface area (Å²) in [5, 5.41) is 1.50. The molecule has 0 aliphatic heterocycles. The number of fused-ring (bicyclic) bond motifs is 3. The number of aromatic amines is 1. The molecule has 0 aromatic carbocycles. The van der Waals surface area contributed by atoms with Crippen LogP contribution < -0.4 is 11.5 Å². The molecule has 3 aromatic heterocycles. The Balaban J connectivity index is 2.18. The van der Waals surface area contributed by atoms with Crippen molar-refractivity contribution >= 4 is 33.7 Å². The Bertz CT molecular complexity index is 996. The Labute approximate surface area is 137 Å². The van der Waals surface area contributed by atoms with Crippen molar-refractivity contribution in [2.75, 3.05) is 6.54 Å². The summed E-state index contributed by atoms with van der Waals surface area (Å²) in [5.74, 6) is -0.0620. The van der Waals surface area contributed by atoms with Gasteiger partial charge in [-0.3, -0.25) is 9.79 Å². The molecule has 8 heteroatoms. The van der Waals surface area contributed by atoms with E-state index in [1.54, 1.807) is 25.3 Å². The van der Waals surface area contributed by atoms with E-state index in [-0.39, 0.29) is 0 Å². The highest BCUT2D eigenvalue weighted by atomic mass is 16.1. The van der Waals surface area contributed by atoms with Crippen molar-refractivity contribution in [3.63, 3.8) is 0 Å². The van der Waals surface area contributed by atoms with Crippen LogP contribution in [0, 0.1) is 0 Å². The van der Waals surface area contributed by atoms with Gasteiger partial charge in [-0.2, -0.15) is 0 Å². The van der Waals surface area contributed by atoms with Gasteiger partial charge in [0.1, 0.15) is 17.0 Å². The number of aromatic nitrogens is 4. The topological polar surface area (TPSA) is 136 Å². The highest BCUT2D eigenvalue weighted by Crippen LogP contribution is 2.23. The first kappa shape index (κ1) is 15.6. The third-order valence-corrected chi connectivity index (χ3v) is 3.41. The predicted octanol–water partition coefficient (Wildman–Crippen LogP) is 1.28. The van der Waals surface area contributed by atoms with Crippen molar-refractivity contribution in [1.82, 2.24) is 19.9 Å². The van der Waals surface area contributed by atoms with Crippen molar-refractivity contribution in [2.24, 2.45) is 16.5 Å². The van der Waals surface area contributed by atoms with Gasteiger partial charge in [0.05, 0.1) is 5.56 Å². The number of hydrogen-bond donors (Lipinski definition) is 3. The molecular weight excluding hydrogens is 306 g/mol. The Morgan fingerprint density at radius 2 is 2.04 bits per heavy atom. The second-order valence-electron chi connectivity index (χ2n) is 5.31. The Hall–Kier alpha value is -3.29. The number of amides is 1. The van der Waals surface area contributed by atoms with Crippen LogP contribution in [0.15, 0.2) is 35.2 Å². The van der Waals surface area contributed by atoms with E-state index >= 15 is 0 Å². The van der Waals surface area contributed by atoms with E-state index in [1.165, 1.54) is 6.20 Å². The zero-order valence-electron chi connectivity index (χ0n) is 13.4. The smallest absolute Gasteiger partial charge is 0.250 e. The largest absolute Gasteiger partial charge is 0.402 e. The third kappa shape index (κ3) is 2.81. The number of nitrogens with one attached hydrogen (secondary N) is 1. The van der Waals surface area contributed by atoms with Gasteiger partial charge in [-0.05, 0) is 26.0 Å². The molecule has 0 bridgehead atoms. The fourth-order valence-electron chi connectivity index (χ4n) is 2.38. The lowest BCUT2D eigenvalue weighted by atomic mass is 10.2. The van der Waals surface area contributed by atoms with E-state index in [1.807, 2.05) is 6.92 Å². The molecule has 3 rings (SSSR count). The minimum atomic E-state index is -0.530. The average molecular weight is 323 g/mol. The van der Waals surface area contributed by atoms with Gasteiger partial charge in [-0.25, -0.2) is 15.0 Å². The number of primary amides is 1. The van der Waals surface area contributed by atoms with Crippen molar-refractivity contribution in [3.8, 4) is 0 Å². The number of hydrogen-bond acceptors (Lipinski definition) is 6. The summed E-state index contributed by atoms with van der Waals surface area (Å²) in [6, 6.07) is 1.68. The first-order valence-corrected chi connectivity index (χ1v) is 7.42. The third-order valence-electron chi connectivity index (χ3n) is 3.41. The van der Waals surface area contributed by atoms with Crippen molar-refractivity contribution < 1.29 is 4.79 Å². The molecule has 0 saturated heterocycles. The zero-order chi connectivity index (χ0) is 17.3. The molecule has 3 heterocycles. The van der Waals surface area contributed by atoms with Crippen LogP contribution in [-0.2, 0) is 0 Å². The quantitative estimate of drug-likeness (QED) is 0.621. The number of carbonyl (C=O) groups is 1. The lowest BCUT2D eigenvalue weighted by molar-refractivity contribution is 0.1000. The van der Waals surface area contributed by atoms with Crippen LogP contribution in [0.2, 0.25) is 0 Å². The van der Waals surface area contributed by atoms with Crippen molar-refractivity contribution in [1.29, 1.82) is 0 Å². The SMILES string of the molecule is CCN=C(/C=C(/C)N)c1ncc2c(n1)[nH]c1ncc(C(N)=O)cc12. The number of nitrogens with zero attached hydrogens (tertiary/aromatic N) is 4. The van der Waals surface area contributed by atoms with Gasteiger partial charge in [-0.1, -0.05) is 0 Å². The summed E-state index contributed by atoms with van der Waals surface area (Å²) in [6.45, 7) is 4.30. The fourth-order valence-corrected chi connectivity index (χ4v) is 2.38. The first-order valence-electron chi connectivity index (χ1n) is 7.42. The molecule has 1 amide bonds. The fraction of sp³-hybridized carbons (Fsp3) is 0.188. The average Bonchev–Trinajstić information content (AvgIpc) is 2.90. The highest BCUT2D eigenvalue weighted by Gasteiger charge is 2.12. The molecular formula is C16H17N7O. The molecule has 5 N–H and O–H groups in total. The van der Waals surface area contributed by atoms with Gasteiger partial charge in [-0.15, -0.1) is 0 Å². The molecule has 0 unspecified atom stereocenters. The standard InChI is InChI=1S/C16H17N7O/c1-3-19-12(4-8(2)17)16-21-7-11-10-5-9(13(18)24)6-20-14(10)22-15(11)23-16/h4-7H,3,17H2,1-2H3,(H2,18,24)(H,20,21,22,23)/b8-4-,19-12?. The second-order valence-corrected chi connectivity index (χ2v) is 5.31. The molecule has 0 radical (unpaired) electrons. The van der Waals surface area contributed by atoms with Gasteiger partial charge >= 0.3 is 0 Å². The van der Waals surface area contributed by atoms with Crippen LogP contribution in [0.5, 0.6) is 0 Å². The van der Waals surface area contributed by atoms with Crippen LogP contribution in [0.4, 0.5) is 0 Å². The summed E-state index contributed by atoms with van der Waals surface area (Å²) in [6.07, 6.45) is 4.84. The Morgan fingerprint density at radius 1 is 1.25 bits per heavy atom. The van der Waals surface area contributed by atoms with E-state index in [4.69, 9.17) is 11.5 Å². The number of nitrogens with two attached hydrogens (primary N) is 2. The molecule has 0 spiro atoms. The zero-order valence-corrected chi connectivity index (χ0v) is 13.4. The van der Waals surface area contributed by atoms with Crippen LogP contribution in [0.1, 0.15) is 30.0 Å². The molecule has 3 aromatic rings. The first-order chi connectivity index (χ1) is 11.5. The molecule has 0 saturated carbocycles. The number of H-pyrrole nitrogens is 1. The van der Waals surface area contributed by atoms with Gasteiger partial charge in [0.25, 0.3) is 0 Å². The summed E-state index contributed by atoms with van der Waals surface area (Å²) < 4.78 is 0. The number of rotatable bonds is 4. The van der Waals surface area contributed by atoms with Gasteiger partial charge in [0, 0.05) is 35.4 Å². The van der Waals surface area contributed by atoms with E-state index in [0.29, 0.717) is 40.6 Å². The van der Waals surface area contributed by atoms with Crippen LogP contribution in [0.3, 0.4) is 0 Å². The van der Waals surface area contributed by atoms with E-state index in [9.17, 15) is 4.79 Å². The number of allylic oxidation sites excluding steroid dienone is 2. The van der Waals surface area contributed by atoms with Gasteiger partial charge in [0.15, 0.2) is 5.82 Å². The molecule has 122 valence electrons. The summed E-state index contributed by atoms with van der Waals surface area (Å²) in [5.41, 5.74) is 13.8. The molecule has 24 heavy (non-hydrogen) atoms. The normalized spacial score (nSPS) is 12.9. The second kappa shape index (κ2) is 6.07. The summed E-state index contributed by atoms with van der Waals surface area (Å²) >= 11 is 0. The van der Waals surface area contributed by atoms with Crippen LogP contribution in [0.25, 0.3) is 22.1 Å². The Morgan fingerprint density at radius 3 is 2.71 bits per heavy atom. The molecule has 8 nitrogen and oxygen atoms in total. The van der Waals surface area contributed by atoms with Crippen LogP contribution >= 0.6 is 0 Å². The minimum Gasteiger partial charge on any atom is -0.402 e. The maximum absolute atomic E-state index is 11.3. The minimum absolute atomic E-state index is 0.336.